The molecule has 1 aromatic heterocycles. The number of anilines is 1. The van der Waals surface area contributed by atoms with Gasteiger partial charge < -0.3 is 24.4 Å². The minimum atomic E-state index is -0.577. The van der Waals surface area contributed by atoms with Gasteiger partial charge in [0.25, 0.3) is 5.91 Å². The molecule has 1 saturated carbocycles. The zero-order chi connectivity index (χ0) is 27.5. The molecule has 210 valence electrons. The number of aliphatic hydroxyl groups is 1. The van der Waals surface area contributed by atoms with Gasteiger partial charge in [-0.1, -0.05) is 20.8 Å². The summed E-state index contributed by atoms with van der Waals surface area (Å²) < 4.78 is 10.8. The third-order valence-corrected chi connectivity index (χ3v) is 10.6. The molecule has 6 rings (SSSR count). The van der Waals surface area contributed by atoms with Crippen molar-refractivity contribution in [2.24, 2.45) is 23.2 Å². The lowest BCUT2D eigenvalue weighted by Crippen LogP contribution is -2.55. The second kappa shape index (κ2) is 10.1. The molecule has 2 fully saturated rings. The van der Waals surface area contributed by atoms with Crippen LogP contribution in [0, 0.1) is 23.2 Å². The van der Waals surface area contributed by atoms with E-state index in [-0.39, 0.29) is 47.7 Å². The summed E-state index contributed by atoms with van der Waals surface area (Å²) in [6.07, 6.45) is 2.04. The van der Waals surface area contributed by atoms with Crippen molar-refractivity contribution in [2.75, 3.05) is 45.3 Å². The van der Waals surface area contributed by atoms with E-state index in [0.717, 1.165) is 51.1 Å². The average Bonchev–Trinajstić information content (AvgIpc) is 3.54. The van der Waals surface area contributed by atoms with Gasteiger partial charge in [-0.15, -0.1) is 11.3 Å². The number of fused-ring (bicyclic) bond motifs is 3. The minimum absolute atomic E-state index is 0.00556. The maximum Gasteiger partial charge on any atom is 0.257 e. The topological polar surface area (TPSA) is 104 Å². The molecule has 0 bridgehead atoms. The summed E-state index contributed by atoms with van der Waals surface area (Å²) in [5, 5.41) is 15.3. The van der Waals surface area contributed by atoms with Crippen LogP contribution >= 0.6 is 11.3 Å². The Bertz CT molecular complexity index is 1270. The van der Waals surface area contributed by atoms with E-state index >= 15 is 0 Å². The van der Waals surface area contributed by atoms with E-state index in [1.807, 2.05) is 11.8 Å². The van der Waals surface area contributed by atoms with Crippen molar-refractivity contribution in [1.29, 1.82) is 0 Å². The zero-order valence-corrected chi connectivity index (χ0v) is 23.9. The Morgan fingerprint density at radius 2 is 1.95 bits per heavy atom. The van der Waals surface area contributed by atoms with E-state index in [2.05, 4.69) is 31.1 Å². The molecule has 2 aromatic rings. The van der Waals surface area contributed by atoms with Crippen LogP contribution in [-0.2, 0) is 11.2 Å². The SMILES string of the molecule is C[C@H](C(=O)N1CCN(C)CC1)[C@@H]1CC[C@@]2(C)Cc3sc(NC(=O)c4ccc5c(c4)OCO5)nc3[C@@H](C)[C@@H]2[C@H]1O. The Labute approximate surface area is 233 Å². The molecule has 3 heterocycles. The number of aromatic nitrogens is 1. The highest BCUT2D eigenvalue weighted by molar-refractivity contribution is 7.15. The Balaban J connectivity index is 1.18. The molecule has 2 aliphatic carbocycles. The number of nitrogens with one attached hydrogen (secondary N) is 1. The van der Waals surface area contributed by atoms with Crippen LogP contribution < -0.4 is 14.8 Å². The lowest BCUT2D eigenvalue weighted by molar-refractivity contribution is -0.146. The van der Waals surface area contributed by atoms with Crippen LogP contribution in [-0.4, -0.2) is 77.8 Å². The zero-order valence-electron chi connectivity index (χ0n) is 23.1. The summed E-state index contributed by atoms with van der Waals surface area (Å²) >= 11 is 1.53. The van der Waals surface area contributed by atoms with Gasteiger partial charge in [0.15, 0.2) is 16.6 Å². The maximum absolute atomic E-state index is 13.4. The normalized spacial score (nSPS) is 30.8. The standard InChI is InChI=1S/C29H38N4O5S/c1-16(27(36)33-11-9-32(4)10-12-33)19-7-8-29(3)14-22-24(17(2)23(29)25(19)34)30-28(39-22)31-26(35)18-5-6-20-21(13-18)38-15-37-20/h5-6,13,16-17,19,23,25,34H,7-12,14-15H2,1-4H3,(H,30,31,35)/t16-,17-,19-,23+,25-,29-/m0/s1. The fraction of sp³-hybridized carbons (Fsp3) is 0.621. The first-order valence-corrected chi connectivity index (χ1v) is 14.8. The van der Waals surface area contributed by atoms with Crippen LogP contribution in [0.15, 0.2) is 18.2 Å². The number of aliphatic hydroxyl groups excluding tert-OH is 1. The van der Waals surface area contributed by atoms with E-state index in [0.29, 0.717) is 22.2 Å². The molecule has 4 aliphatic rings. The van der Waals surface area contributed by atoms with Gasteiger partial charge in [0.1, 0.15) is 0 Å². The number of carbonyl (C=O) groups excluding carboxylic acids is 2. The number of ether oxygens (including phenoxy) is 2. The van der Waals surface area contributed by atoms with Gasteiger partial charge in [-0.3, -0.25) is 14.9 Å². The number of rotatable bonds is 4. The second-order valence-electron chi connectivity index (χ2n) is 12.1. The van der Waals surface area contributed by atoms with Crippen LogP contribution in [0.5, 0.6) is 11.5 Å². The second-order valence-corrected chi connectivity index (χ2v) is 13.2. The summed E-state index contributed by atoms with van der Waals surface area (Å²) in [6, 6.07) is 5.14. The smallest absolute Gasteiger partial charge is 0.257 e. The van der Waals surface area contributed by atoms with Gasteiger partial charge in [0, 0.05) is 48.5 Å². The number of hydrogen-bond acceptors (Lipinski definition) is 8. The van der Waals surface area contributed by atoms with Crippen LogP contribution in [0.3, 0.4) is 0 Å². The molecule has 9 nitrogen and oxygen atoms in total. The van der Waals surface area contributed by atoms with Crippen molar-refractivity contribution in [2.45, 2.75) is 52.1 Å². The van der Waals surface area contributed by atoms with Crippen LogP contribution in [0.25, 0.3) is 0 Å². The predicted molar refractivity (Wildman–Crippen MR) is 148 cm³/mol. The molecule has 39 heavy (non-hydrogen) atoms. The fourth-order valence-corrected chi connectivity index (χ4v) is 8.56. The van der Waals surface area contributed by atoms with E-state index in [1.165, 1.54) is 16.2 Å². The van der Waals surface area contributed by atoms with Gasteiger partial charge in [-0.05, 0) is 61.8 Å². The summed E-state index contributed by atoms with van der Waals surface area (Å²) in [4.78, 5) is 36.6. The third kappa shape index (κ3) is 4.70. The largest absolute Gasteiger partial charge is 0.454 e. The molecule has 0 radical (unpaired) electrons. The highest BCUT2D eigenvalue weighted by Gasteiger charge is 2.54. The molecular weight excluding hydrogens is 516 g/mol. The highest BCUT2D eigenvalue weighted by atomic mass is 32.1. The number of thiazole rings is 1. The molecule has 10 heteroatoms. The van der Waals surface area contributed by atoms with Crippen molar-refractivity contribution in [3.8, 4) is 11.5 Å². The number of benzene rings is 1. The predicted octanol–water partition coefficient (Wildman–Crippen LogP) is 3.59. The van der Waals surface area contributed by atoms with Crippen LogP contribution in [0.2, 0.25) is 0 Å². The van der Waals surface area contributed by atoms with Crippen LogP contribution in [0.4, 0.5) is 5.13 Å². The lowest BCUT2D eigenvalue weighted by atomic mass is 9.53. The van der Waals surface area contributed by atoms with E-state index in [1.54, 1.807) is 18.2 Å². The van der Waals surface area contributed by atoms with Crippen molar-refractivity contribution >= 4 is 28.3 Å². The van der Waals surface area contributed by atoms with Crippen molar-refractivity contribution in [3.05, 3.63) is 34.3 Å². The molecular formula is C29H38N4O5S. The Morgan fingerprint density at radius 3 is 2.72 bits per heavy atom. The summed E-state index contributed by atoms with van der Waals surface area (Å²) in [7, 11) is 2.09. The average molecular weight is 555 g/mol. The lowest BCUT2D eigenvalue weighted by Gasteiger charge is -2.53. The number of likely N-dealkylation sites (N-methyl/N-ethyl adjacent to an activating group) is 1. The van der Waals surface area contributed by atoms with E-state index in [4.69, 9.17) is 14.5 Å². The third-order valence-electron chi connectivity index (χ3n) is 9.62. The number of hydrogen-bond donors (Lipinski definition) is 2. The molecule has 2 amide bonds. The van der Waals surface area contributed by atoms with Crippen molar-refractivity contribution in [1.82, 2.24) is 14.8 Å². The number of amides is 2. The summed E-state index contributed by atoms with van der Waals surface area (Å²) in [5.74, 6) is 0.875. The minimum Gasteiger partial charge on any atom is -0.454 e. The Morgan fingerprint density at radius 1 is 1.21 bits per heavy atom. The molecule has 1 aromatic carbocycles. The summed E-state index contributed by atoms with van der Waals surface area (Å²) in [6.45, 7) is 9.87. The van der Waals surface area contributed by atoms with Gasteiger partial charge in [0.2, 0.25) is 12.7 Å². The number of nitrogens with zero attached hydrogens (tertiary/aromatic N) is 3. The van der Waals surface area contributed by atoms with Crippen molar-refractivity contribution in [3.63, 3.8) is 0 Å². The molecule has 0 unspecified atom stereocenters. The Kier molecular flexibility index (Phi) is 6.84. The van der Waals surface area contributed by atoms with E-state index in [9.17, 15) is 14.7 Å². The van der Waals surface area contributed by atoms with Gasteiger partial charge in [-0.2, -0.15) is 0 Å². The van der Waals surface area contributed by atoms with Gasteiger partial charge in [0.05, 0.1) is 11.8 Å². The van der Waals surface area contributed by atoms with E-state index < -0.39 is 6.10 Å². The van der Waals surface area contributed by atoms with Crippen molar-refractivity contribution < 1.29 is 24.2 Å². The molecule has 2 N–H and O–H groups in total. The summed E-state index contributed by atoms with van der Waals surface area (Å²) in [5.41, 5.74) is 1.36. The number of carbonyl (C=O) groups is 2. The molecule has 2 aliphatic heterocycles. The molecule has 1 saturated heterocycles. The number of piperazine rings is 1. The first kappa shape index (κ1) is 26.5. The molecule has 0 spiro atoms. The quantitative estimate of drug-likeness (QED) is 0.595. The van der Waals surface area contributed by atoms with Gasteiger partial charge >= 0.3 is 0 Å². The first-order chi connectivity index (χ1) is 18.6. The van der Waals surface area contributed by atoms with Gasteiger partial charge in [-0.25, -0.2) is 4.98 Å². The molecule has 6 atom stereocenters. The van der Waals surface area contributed by atoms with Crippen LogP contribution in [0.1, 0.15) is 60.5 Å². The first-order valence-electron chi connectivity index (χ1n) is 14.0. The maximum atomic E-state index is 13.4. The monoisotopic (exact) mass is 554 g/mol. The highest BCUT2D eigenvalue weighted by Crippen LogP contribution is 2.57. The fourth-order valence-electron chi connectivity index (χ4n) is 7.31. The Hall–Kier alpha value is -2.69.